The SMILES string of the molecule is O=C(O)c1ccc2c(c1)CCC[C@@H]1C[C@](O)(CO)CC[C@]21Cc1ccccc1. The molecule has 1 saturated carbocycles. The van der Waals surface area contributed by atoms with Crippen molar-refractivity contribution >= 4 is 5.97 Å². The third-order valence-corrected chi connectivity index (χ3v) is 6.99. The Morgan fingerprint density at radius 2 is 1.89 bits per heavy atom. The van der Waals surface area contributed by atoms with Gasteiger partial charge in [0.2, 0.25) is 0 Å². The van der Waals surface area contributed by atoms with Crippen LogP contribution in [0, 0.1) is 5.92 Å². The van der Waals surface area contributed by atoms with Crippen molar-refractivity contribution in [3.63, 3.8) is 0 Å². The first kappa shape index (κ1) is 19.2. The molecule has 0 spiro atoms. The molecule has 4 nitrogen and oxygen atoms in total. The molecule has 2 aromatic rings. The number of aliphatic hydroxyl groups is 2. The van der Waals surface area contributed by atoms with Crippen LogP contribution in [-0.4, -0.2) is 33.5 Å². The molecule has 0 aliphatic heterocycles. The molecule has 28 heavy (non-hydrogen) atoms. The second-order valence-corrected chi connectivity index (χ2v) is 8.67. The Labute approximate surface area is 165 Å². The molecule has 0 bridgehead atoms. The molecule has 148 valence electrons. The van der Waals surface area contributed by atoms with Gasteiger partial charge in [-0.3, -0.25) is 0 Å². The summed E-state index contributed by atoms with van der Waals surface area (Å²) in [6.45, 7) is -0.199. The Bertz CT molecular complexity index is 862. The van der Waals surface area contributed by atoms with Gasteiger partial charge in [-0.05, 0) is 79.7 Å². The molecule has 1 fully saturated rings. The lowest BCUT2D eigenvalue weighted by Crippen LogP contribution is -2.50. The molecular formula is C24H28O4. The van der Waals surface area contributed by atoms with Crippen molar-refractivity contribution < 1.29 is 20.1 Å². The summed E-state index contributed by atoms with van der Waals surface area (Å²) >= 11 is 0. The number of fused-ring (bicyclic) bond motifs is 3. The van der Waals surface area contributed by atoms with E-state index in [0.717, 1.165) is 37.7 Å². The van der Waals surface area contributed by atoms with E-state index >= 15 is 0 Å². The first-order valence-electron chi connectivity index (χ1n) is 10.2. The van der Waals surface area contributed by atoms with Crippen molar-refractivity contribution in [1.29, 1.82) is 0 Å². The molecule has 2 aliphatic rings. The van der Waals surface area contributed by atoms with Gasteiger partial charge in [0, 0.05) is 5.41 Å². The summed E-state index contributed by atoms with van der Waals surface area (Å²) in [5.41, 5.74) is 2.84. The summed E-state index contributed by atoms with van der Waals surface area (Å²) in [4.78, 5) is 11.5. The fraction of sp³-hybridized carbons (Fsp3) is 0.458. The lowest BCUT2D eigenvalue weighted by atomic mass is 9.56. The van der Waals surface area contributed by atoms with Crippen LogP contribution in [0.25, 0.3) is 0 Å². The van der Waals surface area contributed by atoms with Gasteiger partial charge in [0.25, 0.3) is 0 Å². The summed E-state index contributed by atoms with van der Waals surface area (Å²) < 4.78 is 0. The Kier molecular flexibility index (Phi) is 5.02. The molecule has 3 atom stereocenters. The van der Waals surface area contributed by atoms with E-state index in [1.54, 1.807) is 6.07 Å². The molecule has 0 aromatic heterocycles. The molecule has 3 N–H and O–H groups in total. The minimum Gasteiger partial charge on any atom is -0.478 e. The zero-order valence-corrected chi connectivity index (χ0v) is 16.1. The minimum atomic E-state index is -1.00. The van der Waals surface area contributed by atoms with Crippen molar-refractivity contribution in [2.24, 2.45) is 5.92 Å². The van der Waals surface area contributed by atoms with Gasteiger partial charge in [-0.25, -0.2) is 4.79 Å². The number of aromatic carboxylic acids is 1. The second kappa shape index (κ2) is 7.34. The van der Waals surface area contributed by atoms with E-state index in [-0.39, 0.29) is 17.9 Å². The zero-order valence-electron chi connectivity index (χ0n) is 16.1. The van der Waals surface area contributed by atoms with Gasteiger partial charge in [0.1, 0.15) is 0 Å². The second-order valence-electron chi connectivity index (χ2n) is 8.67. The van der Waals surface area contributed by atoms with Crippen LogP contribution >= 0.6 is 0 Å². The van der Waals surface area contributed by atoms with Crippen LogP contribution in [0.2, 0.25) is 0 Å². The van der Waals surface area contributed by atoms with Crippen molar-refractivity contribution in [3.8, 4) is 0 Å². The number of carbonyl (C=O) groups is 1. The molecule has 0 saturated heterocycles. The van der Waals surface area contributed by atoms with Gasteiger partial charge in [-0.1, -0.05) is 36.4 Å². The van der Waals surface area contributed by atoms with E-state index < -0.39 is 11.6 Å². The molecule has 4 rings (SSSR count). The minimum absolute atomic E-state index is 0.133. The predicted molar refractivity (Wildman–Crippen MR) is 108 cm³/mol. The molecule has 2 aliphatic carbocycles. The van der Waals surface area contributed by atoms with Gasteiger partial charge in [0.05, 0.1) is 17.8 Å². The van der Waals surface area contributed by atoms with Gasteiger partial charge < -0.3 is 15.3 Å². The van der Waals surface area contributed by atoms with Crippen LogP contribution < -0.4 is 0 Å². The highest BCUT2D eigenvalue weighted by Gasteiger charge is 2.50. The van der Waals surface area contributed by atoms with Crippen LogP contribution in [-0.2, 0) is 18.3 Å². The Morgan fingerprint density at radius 3 is 2.61 bits per heavy atom. The van der Waals surface area contributed by atoms with E-state index in [4.69, 9.17) is 0 Å². The number of rotatable bonds is 4. The molecule has 2 aromatic carbocycles. The average Bonchev–Trinajstić information content (AvgIpc) is 2.85. The summed E-state index contributed by atoms with van der Waals surface area (Å²) in [6, 6.07) is 16.0. The maximum atomic E-state index is 11.5. The van der Waals surface area contributed by atoms with Crippen molar-refractivity contribution in [2.45, 2.75) is 56.0 Å². The van der Waals surface area contributed by atoms with E-state index in [9.17, 15) is 20.1 Å². The molecular weight excluding hydrogens is 352 g/mol. The topological polar surface area (TPSA) is 77.8 Å². The molecule has 0 heterocycles. The number of aliphatic hydroxyl groups excluding tert-OH is 1. The lowest BCUT2D eigenvalue weighted by molar-refractivity contribution is -0.0802. The van der Waals surface area contributed by atoms with Crippen LogP contribution in [0.3, 0.4) is 0 Å². The first-order valence-corrected chi connectivity index (χ1v) is 10.2. The lowest BCUT2D eigenvalue weighted by Gasteiger charge is -2.50. The third kappa shape index (κ3) is 3.36. The summed E-state index contributed by atoms with van der Waals surface area (Å²) in [5.74, 6) is -0.630. The van der Waals surface area contributed by atoms with Crippen molar-refractivity contribution in [3.05, 3.63) is 70.8 Å². The number of carboxylic acid groups (broad SMARTS) is 1. The quantitative estimate of drug-likeness (QED) is 0.755. The average molecular weight is 380 g/mol. The summed E-state index contributed by atoms with van der Waals surface area (Å²) in [5, 5.41) is 30.0. The maximum absolute atomic E-state index is 11.5. The standard InChI is InChI=1S/C24H28O4/c25-16-23(28)11-12-24(14-17-5-2-1-3-6-17)20(15-23)8-4-7-18-13-19(22(26)27)9-10-21(18)24/h1-3,5-6,9-10,13,20,25,28H,4,7-8,11-12,14-16H2,(H,26,27)/t20-,23+,24-/m1/s1. The van der Waals surface area contributed by atoms with Crippen LogP contribution in [0.1, 0.15) is 59.2 Å². The Morgan fingerprint density at radius 1 is 1.11 bits per heavy atom. The van der Waals surface area contributed by atoms with Gasteiger partial charge in [0.15, 0.2) is 0 Å². The van der Waals surface area contributed by atoms with Crippen molar-refractivity contribution in [1.82, 2.24) is 0 Å². The number of hydrogen-bond acceptors (Lipinski definition) is 3. The number of carboxylic acids is 1. The fourth-order valence-electron chi connectivity index (χ4n) is 5.54. The summed E-state index contributed by atoms with van der Waals surface area (Å²) in [6.07, 6.45) is 5.64. The fourth-order valence-corrected chi connectivity index (χ4v) is 5.54. The molecule has 4 heteroatoms. The highest BCUT2D eigenvalue weighted by Crippen LogP contribution is 2.53. The first-order chi connectivity index (χ1) is 13.5. The van der Waals surface area contributed by atoms with E-state index in [1.165, 1.54) is 11.1 Å². The van der Waals surface area contributed by atoms with Crippen LogP contribution in [0.5, 0.6) is 0 Å². The summed E-state index contributed by atoms with van der Waals surface area (Å²) in [7, 11) is 0. The Hall–Kier alpha value is -2.17. The van der Waals surface area contributed by atoms with E-state index in [0.29, 0.717) is 18.4 Å². The third-order valence-electron chi connectivity index (χ3n) is 6.99. The largest absolute Gasteiger partial charge is 0.478 e. The number of aryl methyl sites for hydroxylation is 1. The highest BCUT2D eigenvalue weighted by molar-refractivity contribution is 5.88. The monoisotopic (exact) mass is 380 g/mol. The maximum Gasteiger partial charge on any atom is 0.335 e. The molecule has 0 unspecified atom stereocenters. The van der Waals surface area contributed by atoms with Gasteiger partial charge in [-0.15, -0.1) is 0 Å². The van der Waals surface area contributed by atoms with Gasteiger partial charge in [-0.2, -0.15) is 0 Å². The smallest absolute Gasteiger partial charge is 0.335 e. The van der Waals surface area contributed by atoms with Gasteiger partial charge >= 0.3 is 5.97 Å². The van der Waals surface area contributed by atoms with Crippen LogP contribution in [0.4, 0.5) is 0 Å². The predicted octanol–water partition coefficient (Wildman–Crippen LogP) is 3.73. The van der Waals surface area contributed by atoms with Crippen molar-refractivity contribution in [2.75, 3.05) is 6.61 Å². The number of benzene rings is 2. The number of hydrogen-bond donors (Lipinski definition) is 3. The normalized spacial score (nSPS) is 29.4. The van der Waals surface area contributed by atoms with Crippen LogP contribution in [0.15, 0.2) is 48.5 Å². The van der Waals surface area contributed by atoms with E-state index in [1.807, 2.05) is 18.2 Å². The molecule has 0 radical (unpaired) electrons. The Balaban J connectivity index is 1.83. The molecule has 0 amide bonds. The highest BCUT2D eigenvalue weighted by atomic mass is 16.4. The zero-order chi connectivity index (χ0) is 19.8. The van der Waals surface area contributed by atoms with E-state index in [2.05, 4.69) is 24.3 Å².